The number of hydrogen-bond acceptors (Lipinski definition) is 6. The van der Waals surface area contributed by atoms with Gasteiger partial charge in [-0.25, -0.2) is 8.42 Å². The van der Waals surface area contributed by atoms with E-state index in [4.69, 9.17) is 10.7 Å². The lowest BCUT2D eigenvalue weighted by Crippen LogP contribution is -2.00. The number of thioether (sulfide) groups is 1. The van der Waals surface area contributed by atoms with Gasteiger partial charge in [0, 0.05) is 22.6 Å². The van der Waals surface area contributed by atoms with E-state index < -0.39 is 14.0 Å². The van der Waals surface area contributed by atoms with Crippen molar-refractivity contribution < 1.29 is 13.3 Å². The average Bonchev–Trinajstić information content (AvgIpc) is 2.36. The monoisotopic (exact) mass is 332 g/mol. The molecule has 9 heteroatoms. The summed E-state index contributed by atoms with van der Waals surface area (Å²) in [6, 6.07) is 6.47. The molecular formula is C11H9ClN2O4S2. The highest BCUT2D eigenvalue weighted by Crippen LogP contribution is 2.35. The highest BCUT2D eigenvalue weighted by molar-refractivity contribution is 8.14. The molecule has 0 atom stereocenters. The number of halogens is 1. The Morgan fingerprint density at radius 1 is 1.35 bits per heavy atom. The minimum Gasteiger partial charge on any atom is -0.258 e. The molecule has 0 spiro atoms. The standard InChI is InChI=1S/C11H9ClN2O4S2/c12-20(17,18)7-6-19-10-4-3-9-8(2-1-5-13-9)11(10)14(15)16/h1-5H,6-7H2. The zero-order chi connectivity index (χ0) is 14.8. The lowest BCUT2D eigenvalue weighted by Gasteiger charge is -2.05. The van der Waals surface area contributed by atoms with Crippen LogP contribution in [0.5, 0.6) is 0 Å². The Bertz CT molecular complexity index is 764. The molecule has 1 heterocycles. The van der Waals surface area contributed by atoms with Crippen LogP contribution in [-0.2, 0) is 9.05 Å². The second kappa shape index (κ2) is 5.94. The van der Waals surface area contributed by atoms with Gasteiger partial charge < -0.3 is 0 Å². The number of aromatic nitrogens is 1. The van der Waals surface area contributed by atoms with Crippen molar-refractivity contribution in [1.29, 1.82) is 0 Å². The van der Waals surface area contributed by atoms with Crippen LogP contribution in [0.2, 0.25) is 0 Å². The fraction of sp³-hybridized carbons (Fsp3) is 0.182. The number of nitrogens with zero attached hydrogens (tertiary/aromatic N) is 2. The molecule has 0 aliphatic rings. The molecule has 0 saturated heterocycles. The first kappa shape index (κ1) is 15.0. The van der Waals surface area contributed by atoms with E-state index in [1.54, 1.807) is 30.5 Å². The highest BCUT2D eigenvalue weighted by Gasteiger charge is 2.19. The maximum absolute atomic E-state index is 11.2. The summed E-state index contributed by atoms with van der Waals surface area (Å²) < 4.78 is 21.7. The van der Waals surface area contributed by atoms with E-state index in [1.807, 2.05) is 0 Å². The van der Waals surface area contributed by atoms with Crippen LogP contribution in [0.25, 0.3) is 10.9 Å². The molecule has 0 fully saturated rings. The third-order valence-electron chi connectivity index (χ3n) is 2.49. The van der Waals surface area contributed by atoms with Crippen LogP contribution in [0.3, 0.4) is 0 Å². The maximum Gasteiger partial charge on any atom is 0.292 e. The van der Waals surface area contributed by atoms with Crippen molar-refractivity contribution in [2.45, 2.75) is 4.90 Å². The lowest BCUT2D eigenvalue weighted by molar-refractivity contribution is -0.385. The van der Waals surface area contributed by atoms with Crippen LogP contribution in [0.1, 0.15) is 0 Å². The first-order valence-corrected chi connectivity index (χ1v) is 8.92. The van der Waals surface area contributed by atoms with E-state index in [1.165, 1.54) is 0 Å². The van der Waals surface area contributed by atoms with Gasteiger partial charge in [0.15, 0.2) is 0 Å². The topological polar surface area (TPSA) is 90.2 Å². The van der Waals surface area contributed by atoms with Gasteiger partial charge in [-0.15, -0.1) is 11.8 Å². The number of fused-ring (bicyclic) bond motifs is 1. The van der Waals surface area contributed by atoms with Crippen molar-refractivity contribution >= 4 is 48.1 Å². The Hall–Kier alpha value is -1.38. The molecule has 0 N–H and O–H groups in total. The van der Waals surface area contributed by atoms with Gasteiger partial charge >= 0.3 is 0 Å². The summed E-state index contributed by atoms with van der Waals surface area (Å²) >= 11 is 1.08. The molecule has 0 amide bonds. The molecule has 0 aliphatic carbocycles. The smallest absolute Gasteiger partial charge is 0.258 e. The predicted molar refractivity (Wildman–Crippen MR) is 78.8 cm³/mol. The Balaban J connectivity index is 2.38. The lowest BCUT2D eigenvalue weighted by atomic mass is 10.2. The number of benzene rings is 1. The van der Waals surface area contributed by atoms with Crippen molar-refractivity contribution in [2.24, 2.45) is 0 Å². The summed E-state index contributed by atoms with van der Waals surface area (Å²) in [7, 11) is 1.51. The van der Waals surface area contributed by atoms with Gasteiger partial charge in [0.25, 0.3) is 5.69 Å². The van der Waals surface area contributed by atoms with Gasteiger partial charge in [0.1, 0.15) is 0 Å². The van der Waals surface area contributed by atoms with Gasteiger partial charge in [-0.05, 0) is 24.3 Å². The zero-order valence-electron chi connectivity index (χ0n) is 10.0. The van der Waals surface area contributed by atoms with E-state index in [9.17, 15) is 18.5 Å². The number of pyridine rings is 1. The normalized spacial score (nSPS) is 11.7. The second-order valence-corrected chi connectivity index (χ2v) is 7.86. The summed E-state index contributed by atoms with van der Waals surface area (Å²) in [5.41, 5.74) is 0.459. The Kier molecular flexibility index (Phi) is 4.46. The number of hydrogen-bond donors (Lipinski definition) is 0. The van der Waals surface area contributed by atoms with Gasteiger partial charge in [0.05, 0.1) is 26.5 Å². The first-order valence-electron chi connectivity index (χ1n) is 5.46. The van der Waals surface area contributed by atoms with Crippen LogP contribution in [0, 0.1) is 10.1 Å². The number of nitro groups is 1. The molecule has 0 radical (unpaired) electrons. The Morgan fingerprint density at radius 2 is 2.10 bits per heavy atom. The van der Waals surface area contributed by atoms with E-state index in [0.29, 0.717) is 15.8 Å². The molecule has 0 aliphatic heterocycles. The third kappa shape index (κ3) is 3.59. The van der Waals surface area contributed by atoms with Crippen molar-refractivity contribution in [3.8, 4) is 0 Å². The summed E-state index contributed by atoms with van der Waals surface area (Å²) in [6.07, 6.45) is 1.55. The molecular weight excluding hydrogens is 324 g/mol. The summed E-state index contributed by atoms with van der Waals surface area (Å²) in [4.78, 5) is 15.2. The average molecular weight is 333 g/mol. The Morgan fingerprint density at radius 3 is 2.75 bits per heavy atom. The quantitative estimate of drug-likeness (QED) is 0.362. The van der Waals surface area contributed by atoms with Crippen LogP contribution >= 0.6 is 22.4 Å². The molecule has 6 nitrogen and oxygen atoms in total. The van der Waals surface area contributed by atoms with Gasteiger partial charge in [-0.2, -0.15) is 0 Å². The summed E-state index contributed by atoms with van der Waals surface area (Å²) in [5.74, 6) is -0.0973. The van der Waals surface area contributed by atoms with Gasteiger partial charge in [0.2, 0.25) is 9.05 Å². The van der Waals surface area contributed by atoms with Gasteiger partial charge in [-0.1, -0.05) is 0 Å². The van der Waals surface area contributed by atoms with E-state index >= 15 is 0 Å². The molecule has 2 rings (SSSR count). The molecule has 106 valence electrons. The zero-order valence-corrected chi connectivity index (χ0v) is 12.4. The predicted octanol–water partition coefficient (Wildman–Crippen LogP) is 2.80. The van der Waals surface area contributed by atoms with Crippen LogP contribution < -0.4 is 0 Å². The van der Waals surface area contributed by atoms with Crippen molar-refractivity contribution in [1.82, 2.24) is 4.98 Å². The highest BCUT2D eigenvalue weighted by atomic mass is 35.7. The number of nitro benzene ring substituents is 1. The molecule has 20 heavy (non-hydrogen) atoms. The van der Waals surface area contributed by atoms with E-state index in [-0.39, 0.29) is 17.2 Å². The van der Waals surface area contributed by atoms with Crippen LogP contribution in [0.4, 0.5) is 5.69 Å². The molecule has 1 aromatic carbocycles. The molecule has 0 saturated carbocycles. The molecule has 1 aromatic heterocycles. The minimum atomic E-state index is -3.60. The van der Waals surface area contributed by atoms with E-state index in [0.717, 1.165) is 11.8 Å². The molecule has 0 unspecified atom stereocenters. The van der Waals surface area contributed by atoms with E-state index in [2.05, 4.69) is 4.98 Å². The Labute approximate surface area is 123 Å². The fourth-order valence-corrected chi connectivity index (χ4v) is 4.07. The first-order chi connectivity index (χ1) is 9.38. The third-order valence-corrected chi connectivity index (χ3v) is 4.95. The van der Waals surface area contributed by atoms with Gasteiger partial charge in [-0.3, -0.25) is 15.1 Å². The fourth-order valence-electron chi connectivity index (χ4n) is 1.67. The number of rotatable bonds is 5. The molecule has 0 bridgehead atoms. The summed E-state index contributed by atoms with van der Waals surface area (Å²) in [5, 5.41) is 11.6. The van der Waals surface area contributed by atoms with Crippen molar-refractivity contribution in [2.75, 3.05) is 11.5 Å². The SMILES string of the molecule is O=[N+]([O-])c1c(SCCS(=O)(=O)Cl)ccc2ncccc12. The second-order valence-electron chi connectivity index (χ2n) is 3.83. The maximum atomic E-state index is 11.2. The summed E-state index contributed by atoms with van der Waals surface area (Å²) in [6.45, 7) is 0. The largest absolute Gasteiger partial charge is 0.292 e. The minimum absolute atomic E-state index is 0.0624. The molecule has 2 aromatic rings. The van der Waals surface area contributed by atoms with Crippen LogP contribution in [0.15, 0.2) is 35.4 Å². The van der Waals surface area contributed by atoms with Crippen molar-refractivity contribution in [3.05, 3.63) is 40.6 Å². The van der Waals surface area contributed by atoms with Crippen molar-refractivity contribution in [3.63, 3.8) is 0 Å². The van der Waals surface area contributed by atoms with Crippen LogP contribution in [-0.4, -0.2) is 29.8 Å².